The fourth-order valence-electron chi connectivity index (χ4n) is 2.66. The molecule has 1 aromatic carbocycles. The summed E-state index contributed by atoms with van der Waals surface area (Å²) in [5, 5.41) is 1.36. The summed E-state index contributed by atoms with van der Waals surface area (Å²) in [7, 11) is 0. The lowest BCUT2D eigenvalue weighted by Gasteiger charge is -2.14. The first kappa shape index (κ1) is 20.4. The second-order valence-electron chi connectivity index (χ2n) is 5.66. The predicted octanol–water partition coefficient (Wildman–Crippen LogP) is 1.92. The fraction of sp³-hybridized carbons (Fsp3) is 0.500. The van der Waals surface area contributed by atoms with E-state index >= 15 is 0 Å². The molecule has 0 spiro atoms. The van der Waals surface area contributed by atoms with Crippen molar-refractivity contribution in [1.82, 2.24) is 9.13 Å². The maximum atomic E-state index is 12.8. The third-order valence-corrected chi connectivity index (χ3v) is 4.44. The molecule has 2 rings (SSSR count). The van der Waals surface area contributed by atoms with Gasteiger partial charge in [-0.05, 0) is 31.9 Å². The molecule has 0 aliphatic rings. The fourth-order valence-corrected chi connectivity index (χ4v) is 3.06. The van der Waals surface area contributed by atoms with Gasteiger partial charge in [0.2, 0.25) is 0 Å². The van der Waals surface area contributed by atoms with Crippen LogP contribution in [0.4, 0.5) is 0 Å². The molecular weight excluding hydrogens is 404 g/mol. The lowest BCUT2D eigenvalue weighted by Crippen LogP contribution is -2.41. The smallest absolute Gasteiger partial charge is 0.332 e. The van der Waals surface area contributed by atoms with Gasteiger partial charge in [0.1, 0.15) is 6.61 Å². The highest BCUT2D eigenvalue weighted by Gasteiger charge is 2.12. The summed E-state index contributed by atoms with van der Waals surface area (Å²) < 4.78 is 12.8. The summed E-state index contributed by atoms with van der Waals surface area (Å²) in [5.74, 6) is -0.467. The van der Waals surface area contributed by atoms with E-state index < -0.39 is 5.97 Å². The van der Waals surface area contributed by atoms with E-state index in [1.165, 1.54) is 4.57 Å². The number of aromatic nitrogens is 2. The van der Waals surface area contributed by atoms with E-state index in [4.69, 9.17) is 9.47 Å². The molecule has 26 heavy (non-hydrogen) atoms. The molecule has 142 valence electrons. The SMILES string of the molecule is CCOC(=O)COCCn1c(=O)c2ccccc2n(CCCCBr)c1=O. The Morgan fingerprint density at radius 2 is 1.88 bits per heavy atom. The molecule has 8 heteroatoms. The zero-order valence-electron chi connectivity index (χ0n) is 14.8. The van der Waals surface area contributed by atoms with Crippen molar-refractivity contribution < 1.29 is 14.3 Å². The first-order valence-electron chi connectivity index (χ1n) is 8.61. The van der Waals surface area contributed by atoms with Crippen molar-refractivity contribution in [3.63, 3.8) is 0 Å². The maximum Gasteiger partial charge on any atom is 0.332 e. The van der Waals surface area contributed by atoms with Crippen LogP contribution in [0.2, 0.25) is 0 Å². The number of alkyl halides is 1. The average Bonchev–Trinajstić information content (AvgIpc) is 2.64. The highest BCUT2D eigenvalue weighted by Crippen LogP contribution is 2.09. The van der Waals surface area contributed by atoms with Crippen LogP contribution in [-0.4, -0.2) is 40.3 Å². The van der Waals surface area contributed by atoms with E-state index in [9.17, 15) is 14.4 Å². The molecule has 0 fully saturated rings. The highest BCUT2D eigenvalue weighted by atomic mass is 79.9. The maximum absolute atomic E-state index is 12.8. The third kappa shape index (κ3) is 5.04. The van der Waals surface area contributed by atoms with Crippen molar-refractivity contribution in [2.75, 3.05) is 25.2 Å². The molecule has 0 saturated carbocycles. The van der Waals surface area contributed by atoms with Crippen molar-refractivity contribution >= 4 is 32.8 Å². The summed E-state index contributed by atoms with van der Waals surface area (Å²) in [4.78, 5) is 36.7. The lowest BCUT2D eigenvalue weighted by atomic mass is 10.2. The van der Waals surface area contributed by atoms with Gasteiger partial charge in [-0.25, -0.2) is 9.59 Å². The van der Waals surface area contributed by atoms with Crippen LogP contribution >= 0.6 is 15.9 Å². The Labute approximate surface area is 159 Å². The summed E-state index contributed by atoms with van der Waals surface area (Å²) in [6, 6.07) is 7.09. The number of benzene rings is 1. The van der Waals surface area contributed by atoms with Gasteiger partial charge in [0.15, 0.2) is 0 Å². The number of carbonyl (C=O) groups excluding carboxylic acids is 1. The van der Waals surface area contributed by atoms with E-state index in [-0.39, 0.29) is 37.6 Å². The van der Waals surface area contributed by atoms with Crippen LogP contribution in [0.25, 0.3) is 10.9 Å². The lowest BCUT2D eigenvalue weighted by molar-refractivity contribution is -0.148. The van der Waals surface area contributed by atoms with Gasteiger partial charge >= 0.3 is 11.7 Å². The molecule has 0 saturated heterocycles. The second-order valence-corrected chi connectivity index (χ2v) is 6.45. The summed E-state index contributed by atoms with van der Waals surface area (Å²) in [5.41, 5.74) is -0.0640. The molecule has 1 aromatic heterocycles. The number of fused-ring (bicyclic) bond motifs is 1. The molecular formula is C18H23BrN2O5. The molecule has 0 amide bonds. The van der Waals surface area contributed by atoms with E-state index in [1.54, 1.807) is 29.7 Å². The molecule has 1 heterocycles. The van der Waals surface area contributed by atoms with Crippen molar-refractivity contribution in [2.24, 2.45) is 0 Å². The van der Waals surface area contributed by atoms with Crippen molar-refractivity contribution in [2.45, 2.75) is 32.9 Å². The number of rotatable bonds is 10. The second kappa shape index (κ2) is 10.3. The summed E-state index contributed by atoms with van der Waals surface area (Å²) in [6.07, 6.45) is 1.76. The van der Waals surface area contributed by atoms with Gasteiger partial charge in [-0.3, -0.25) is 13.9 Å². The van der Waals surface area contributed by atoms with Crippen LogP contribution in [0.3, 0.4) is 0 Å². The number of halogens is 1. The van der Waals surface area contributed by atoms with Gasteiger partial charge in [0, 0.05) is 11.9 Å². The quantitative estimate of drug-likeness (QED) is 0.329. The third-order valence-electron chi connectivity index (χ3n) is 3.88. The Kier molecular flexibility index (Phi) is 8.06. The van der Waals surface area contributed by atoms with Gasteiger partial charge in [-0.15, -0.1) is 0 Å². The number of ether oxygens (including phenoxy) is 2. The number of carbonyl (C=O) groups is 1. The largest absolute Gasteiger partial charge is 0.464 e. The normalized spacial score (nSPS) is 11.0. The minimum absolute atomic E-state index is 0.0771. The standard InChI is InChI=1S/C18H23BrN2O5/c1-2-26-16(22)13-25-12-11-21-17(23)14-7-3-4-8-15(14)20(18(21)24)10-6-5-9-19/h3-4,7-8H,2,5-6,9-13H2,1H3. The molecule has 0 N–H and O–H groups in total. The van der Waals surface area contributed by atoms with Crippen LogP contribution in [-0.2, 0) is 27.4 Å². The van der Waals surface area contributed by atoms with Gasteiger partial charge in [0.05, 0.1) is 30.7 Å². The molecule has 0 radical (unpaired) electrons. The molecule has 0 unspecified atom stereocenters. The molecule has 0 atom stereocenters. The van der Waals surface area contributed by atoms with Crippen LogP contribution in [0.1, 0.15) is 19.8 Å². The zero-order chi connectivity index (χ0) is 18.9. The summed E-state index contributed by atoms with van der Waals surface area (Å²) >= 11 is 3.39. The Morgan fingerprint density at radius 1 is 1.12 bits per heavy atom. The summed E-state index contributed by atoms with van der Waals surface area (Å²) in [6.45, 7) is 2.49. The molecule has 0 aliphatic carbocycles. The number of esters is 1. The Hall–Kier alpha value is -1.93. The number of nitrogens with zero attached hydrogens (tertiary/aromatic N) is 2. The zero-order valence-corrected chi connectivity index (χ0v) is 16.4. The highest BCUT2D eigenvalue weighted by molar-refractivity contribution is 9.09. The van der Waals surface area contributed by atoms with Crippen LogP contribution in [0.5, 0.6) is 0 Å². The first-order valence-corrected chi connectivity index (χ1v) is 9.74. The number of unbranched alkanes of at least 4 members (excludes halogenated alkanes) is 1. The Morgan fingerprint density at radius 3 is 2.62 bits per heavy atom. The van der Waals surface area contributed by atoms with Gasteiger partial charge in [-0.2, -0.15) is 0 Å². The van der Waals surface area contributed by atoms with E-state index in [1.807, 2.05) is 6.07 Å². The van der Waals surface area contributed by atoms with Crippen molar-refractivity contribution in [3.05, 3.63) is 45.1 Å². The van der Waals surface area contributed by atoms with Crippen LogP contribution < -0.4 is 11.2 Å². The molecule has 7 nitrogen and oxygen atoms in total. The predicted molar refractivity (Wildman–Crippen MR) is 103 cm³/mol. The van der Waals surface area contributed by atoms with Gasteiger partial charge < -0.3 is 9.47 Å². The number of hydrogen-bond acceptors (Lipinski definition) is 5. The van der Waals surface area contributed by atoms with Gasteiger partial charge in [0.25, 0.3) is 5.56 Å². The Bertz CT molecular complexity index is 859. The van der Waals surface area contributed by atoms with Crippen LogP contribution in [0.15, 0.2) is 33.9 Å². The van der Waals surface area contributed by atoms with Gasteiger partial charge in [-0.1, -0.05) is 28.1 Å². The minimum Gasteiger partial charge on any atom is -0.464 e. The Balaban J connectivity index is 2.24. The number of aryl methyl sites for hydroxylation is 1. The van der Waals surface area contributed by atoms with Crippen LogP contribution in [0, 0.1) is 0 Å². The first-order chi connectivity index (χ1) is 12.6. The molecule has 0 aliphatic heterocycles. The van der Waals surface area contributed by atoms with E-state index in [0.717, 1.165) is 18.2 Å². The van der Waals surface area contributed by atoms with E-state index in [0.29, 0.717) is 17.4 Å². The molecule has 2 aromatic rings. The molecule has 0 bridgehead atoms. The monoisotopic (exact) mass is 426 g/mol. The topological polar surface area (TPSA) is 79.5 Å². The van der Waals surface area contributed by atoms with Crippen molar-refractivity contribution in [1.29, 1.82) is 0 Å². The number of para-hydroxylation sites is 1. The van der Waals surface area contributed by atoms with Crippen molar-refractivity contribution in [3.8, 4) is 0 Å². The minimum atomic E-state index is -0.467. The number of hydrogen-bond donors (Lipinski definition) is 0. The average molecular weight is 427 g/mol. The van der Waals surface area contributed by atoms with E-state index in [2.05, 4.69) is 15.9 Å².